The summed E-state index contributed by atoms with van der Waals surface area (Å²) in [6.07, 6.45) is 0. The number of carbonyl (C=O) groups is 2. The Morgan fingerprint density at radius 3 is 2.52 bits per heavy atom. The minimum atomic E-state index is -1.01. The number of nitrogens with one attached hydrogen (secondary N) is 1. The van der Waals surface area contributed by atoms with Crippen molar-refractivity contribution in [2.75, 3.05) is 11.1 Å². The van der Waals surface area contributed by atoms with E-state index in [0.717, 1.165) is 10.2 Å². The number of hydrogen-bond donors (Lipinski definition) is 2. The summed E-state index contributed by atoms with van der Waals surface area (Å²) in [5, 5.41) is 11.9. The Bertz CT molecular complexity index is 661. The lowest BCUT2D eigenvalue weighted by Crippen LogP contribution is -2.14. The average Bonchev–Trinajstić information content (AvgIpc) is 2.46. The number of aromatic carboxylic acids is 1. The highest BCUT2D eigenvalue weighted by Crippen LogP contribution is 2.26. The number of para-hydroxylation sites is 1. The highest BCUT2D eigenvalue weighted by atomic mass is 79.9. The van der Waals surface area contributed by atoms with Crippen LogP contribution in [0.5, 0.6) is 0 Å². The molecular formula is C15H12BrNO3S. The molecule has 2 N–H and O–H groups in total. The van der Waals surface area contributed by atoms with Crippen molar-refractivity contribution in [2.45, 2.75) is 4.90 Å². The van der Waals surface area contributed by atoms with Crippen molar-refractivity contribution >= 4 is 45.3 Å². The maximum atomic E-state index is 11.9. The monoisotopic (exact) mass is 365 g/mol. The van der Waals surface area contributed by atoms with Crippen LogP contribution in [0.4, 0.5) is 5.69 Å². The van der Waals surface area contributed by atoms with Crippen LogP contribution in [0.15, 0.2) is 57.9 Å². The average molecular weight is 366 g/mol. The third-order valence-corrected chi connectivity index (χ3v) is 4.14. The lowest BCUT2D eigenvalue weighted by atomic mass is 10.2. The topological polar surface area (TPSA) is 66.4 Å². The molecule has 108 valence electrons. The number of carboxylic acid groups (broad SMARTS) is 1. The number of anilines is 1. The summed E-state index contributed by atoms with van der Waals surface area (Å²) in [6, 6.07) is 14.0. The highest BCUT2D eigenvalue weighted by molar-refractivity contribution is 9.10. The van der Waals surface area contributed by atoms with Crippen molar-refractivity contribution in [1.82, 2.24) is 0 Å². The van der Waals surface area contributed by atoms with Gasteiger partial charge in [-0.05, 0) is 30.3 Å². The number of halogens is 1. The van der Waals surface area contributed by atoms with Crippen LogP contribution in [0.2, 0.25) is 0 Å². The summed E-state index contributed by atoms with van der Waals surface area (Å²) >= 11 is 4.49. The van der Waals surface area contributed by atoms with Crippen LogP contribution in [-0.2, 0) is 4.79 Å². The molecule has 0 heterocycles. The van der Waals surface area contributed by atoms with Gasteiger partial charge in [0, 0.05) is 15.1 Å². The van der Waals surface area contributed by atoms with E-state index in [1.807, 2.05) is 18.2 Å². The molecule has 0 aromatic heterocycles. The molecule has 2 aromatic carbocycles. The zero-order valence-electron chi connectivity index (χ0n) is 10.9. The normalized spacial score (nSPS) is 10.1. The van der Waals surface area contributed by atoms with Gasteiger partial charge in [-0.1, -0.05) is 34.1 Å². The summed E-state index contributed by atoms with van der Waals surface area (Å²) < 4.78 is 0.776. The van der Waals surface area contributed by atoms with Crippen molar-refractivity contribution in [1.29, 1.82) is 0 Å². The van der Waals surface area contributed by atoms with E-state index >= 15 is 0 Å². The molecule has 0 atom stereocenters. The van der Waals surface area contributed by atoms with Gasteiger partial charge in [-0.25, -0.2) is 4.79 Å². The summed E-state index contributed by atoms with van der Waals surface area (Å²) in [7, 11) is 0. The molecule has 0 bridgehead atoms. The number of hydrogen-bond acceptors (Lipinski definition) is 3. The molecule has 2 aromatic rings. The van der Waals surface area contributed by atoms with Crippen LogP contribution in [0.25, 0.3) is 0 Å². The van der Waals surface area contributed by atoms with Gasteiger partial charge in [0.15, 0.2) is 0 Å². The van der Waals surface area contributed by atoms with Gasteiger partial charge < -0.3 is 10.4 Å². The van der Waals surface area contributed by atoms with E-state index in [2.05, 4.69) is 21.2 Å². The van der Waals surface area contributed by atoms with Crippen molar-refractivity contribution in [3.05, 3.63) is 58.6 Å². The predicted octanol–water partition coefficient (Wildman–Crippen LogP) is 3.88. The van der Waals surface area contributed by atoms with Gasteiger partial charge in [0.2, 0.25) is 5.91 Å². The molecule has 0 aliphatic heterocycles. The highest BCUT2D eigenvalue weighted by Gasteiger charge is 2.12. The second kappa shape index (κ2) is 7.28. The molecular weight excluding hydrogens is 354 g/mol. The fourth-order valence-corrected chi connectivity index (χ4v) is 3.05. The SMILES string of the molecule is O=C(CSc1cc(Br)ccc1C(=O)O)Nc1ccccc1. The third kappa shape index (κ3) is 4.61. The van der Waals surface area contributed by atoms with E-state index in [1.54, 1.807) is 24.3 Å². The fraction of sp³-hybridized carbons (Fsp3) is 0.0667. The summed E-state index contributed by atoms with van der Waals surface area (Å²) in [5.74, 6) is -1.04. The molecule has 1 amide bonds. The summed E-state index contributed by atoms with van der Waals surface area (Å²) in [5.41, 5.74) is 0.909. The molecule has 0 aliphatic rings. The van der Waals surface area contributed by atoms with E-state index in [9.17, 15) is 9.59 Å². The van der Waals surface area contributed by atoms with E-state index in [4.69, 9.17) is 5.11 Å². The molecule has 0 saturated heterocycles. The van der Waals surface area contributed by atoms with Gasteiger partial charge in [-0.15, -0.1) is 11.8 Å². The van der Waals surface area contributed by atoms with Crippen LogP contribution >= 0.6 is 27.7 Å². The largest absolute Gasteiger partial charge is 0.478 e. The van der Waals surface area contributed by atoms with Gasteiger partial charge in [-0.3, -0.25) is 4.79 Å². The Kier molecular flexibility index (Phi) is 5.41. The van der Waals surface area contributed by atoms with Gasteiger partial charge in [0.1, 0.15) is 0 Å². The Morgan fingerprint density at radius 1 is 1.14 bits per heavy atom. The van der Waals surface area contributed by atoms with Gasteiger partial charge in [0.25, 0.3) is 0 Å². The molecule has 0 spiro atoms. The zero-order valence-corrected chi connectivity index (χ0v) is 13.3. The van der Waals surface area contributed by atoms with Crippen LogP contribution in [0.1, 0.15) is 10.4 Å². The maximum Gasteiger partial charge on any atom is 0.336 e. The third-order valence-electron chi connectivity index (χ3n) is 2.59. The standard InChI is InChI=1S/C15H12BrNO3S/c16-10-6-7-12(15(19)20)13(8-10)21-9-14(18)17-11-4-2-1-3-5-11/h1-8H,9H2,(H,17,18)(H,19,20). The minimum absolute atomic E-state index is 0.144. The predicted molar refractivity (Wildman–Crippen MR) is 86.9 cm³/mol. The molecule has 21 heavy (non-hydrogen) atoms. The van der Waals surface area contributed by atoms with Gasteiger partial charge in [-0.2, -0.15) is 0 Å². The summed E-state index contributed by atoms with van der Waals surface area (Å²) in [6.45, 7) is 0. The first kappa shape index (κ1) is 15.6. The molecule has 6 heteroatoms. The number of carboxylic acids is 1. The lowest BCUT2D eigenvalue weighted by Gasteiger charge is -2.07. The fourth-order valence-electron chi connectivity index (χ4n) is 1.65. The minimum Gasteiger partial charge on any atom is -0.478 e. The second-order valence-electron chi connectivity index (χ2n) is 4.15. The summed E-state index contributed by atoms with van der Waals surface area (Å²) in [4.78, 5) is 23.6. The Labute approximate surface area is 134 Å². The molecule has 0 saturated carbocycles. The van der Waals surface area contributed by atoms with Crippen molar-refractivity contribution < 1.29 is 14.7 Å². The van der Waals surface area contributed by atoms with E-state index < -0.39 is 5.97 Å². The first-order valence-electron chi connectivity index (χ1n) is 6.07. The molecule has 4 nitrogen and oxygen atoms in total. The van der Waals surface area contributed by atoms with Crippen LogP contribution < -0.4 is 5.32 Å². The van der Waals surface area contributed by atoms with E-state index in [1.165, 1.54) is 17.8 Å². The van der Waals surface area contributed by atoms with E-state index in [-0.39, 0.29) is 17.2 Å². The molecule has 0 aliphatic carbocycles. The smallest absolute Gasteiger partial charge is 0.336 e. The second-order valence-corrected chi connectivity index (χ2v) is 6.08. The van der Waals surface area contributed by atoms with Crippen molar-refractivity contribution in [3.63, 3.8) is 0 Å². The molecule has 0 unspecified atom stereocenters. The Hall–Kier alpha value is -1.79. The number of rotatable bonds is 5. The van der Waals surface area contributed by atoms with Crippen molar-refractivity contribution in [2.24, 2.45) is 0 Å². The number of carbonyl (C=O) groups excluding carboxylic acids is 1. The molecule has 0 fully saturated rings. The first-order chi connectivity index (χ1) is 10.1. The number of benzene rings is 2. The number of amides is 1. The zero-order chi connectivity index (χ0) is 15.2. The van der Waals surface area contributed by atoms with Gasteiger partial charge >= 0.3 is 5.97 Å². The quantitative estimate of drug-likeness (QED) is 0.789. The number of thioether (sulfide) groups is 1. The van der Waals surface area contributed by atoms with Crippen LogP contribution in [-0.4, -0.2) is 22.7 Å². The Morgan fingerprint density at radius 2 is 1.86 bits per heavy atom. The first-order valence-corrected chi connectivity index (χ1v) is 7.84. The van der Waals surface area contributed by atoms with Crippen molar-refractivity contribution in [3.8, 4) is 0 Å². The van der Waals surface area contributed by atoms with Crippen LogP contribution in [0.3, 0.4) is 0 Å². The maximum absolute atomic E-state index is 11.9. The molecule has 2 rings (SSSR count). The lowest BCUT2D eigenvalue weighted by molar-refractivity contribution is -0.113. The Balaban J connectivity index is 2.01. The van der Waals surface area contributed by atoms with E-state index in [0.29, 0.717) is 4.90 Å². The van der Waals surface area contributed by atoms with Gasteiger partial charge in [0.05, 0.1) is 11.3 Å². The van der Waals surface area contributed by atoms with Crippen LogP contribution in [0, 0.1) is 0 Å². The molecule has 0 radical (unpaired) electrons.